The third kappa shape index (κ3) is 3.72. The highest BCUT2D eigenvalue weighted by molar-refractivity contribution is 5.76. The van der Waals surface area contributed by atoms with Crippen LogP contribution >= 0.6 is 0 Å². The SMILES string of the molecule is COc1cccc(OCC(C(=O)O)c2ccccc2F)c1. The first-order valence-electron chi connectivity index (χ1n) is 6.36. The summed E-state index contributed by atoms with van der Waals surface area (Å²) in [7, 11) is 1.53. The number of carboxylic acids is 1. The predicted octanol–water partition coefficient (Wildman–Crippen LogP) is 3.08. The van der Waals surface area contributed by atoms with Gasteiger partial charge in [0.05, 0.1) is 7.11 Å². The molecule has 0 amide bonds. The maximum Gasteiger partial charge on any atom is 0.314 e. The molecular formula is C16H15FO4. The summed E-state index contributed by atoms with van der Waals surface area (Å²) in [5, 5.41) is 9.26. The molecule has 2 rings (SSSR count). The smallest absolute Gasteiger partial charge is 0.314 e. The Bertz CT molecular complexity index is 627. The molecule has 1 atom stereocenters. The van der Waals surface area contributed by atoms with Gasteiger partial charge in [-0.05, 0) is 18.2 Å². The highest BCUT2D eigenvalue weighted by atomic mass is 19.1. The summed E-state index contributed by atoms with van der Waals surface area (Å²) in [5.74, 6) is -1.69. The summed E-state index contributed by atoms with van der Waals surface area (Å²) in [6.45, 7) is -0.163. The molecule has 0 aliphatic rings. The van der Waals surface area contributed by atoms with Crippen LogP contribution in [0.5, 0.6) is 11.5 Å². The van der Waals surface area contributed by atoms with E-state index in [2.05, 4.69) is 0 Å². The molecule has 2 aromatic rings. The summed E-state index contributed by atoms with van der Waals surface area (Å²) in [4.78, 5) is 11.3. The molecule has 0 saturated carbocycles. The summed E-state index contributed by atoms with van der Waals surface area (Å²) < 4.78 is 24.2. The second-order valence-electron chi connectivity index (χ2n) is 4.40. The van der Waals surface area contributed by atoms with E-state index < -0.39 is 17.7 Å². The van der Waals surface area contributed by atoms with E-state index in [0.29, 0.717) is 11.5 Å². The fourth-order valence-electron chi connectivity index (χ4n) is 1.92. The number of ether oxygens (including phenoxy) is 2. The van der Waals surface area contributed by atoms with E-state index in [1.54, 1.807) is 30.3 Å². The van der Waals surface area contributed by atoms with Gasteiger partial charge >= 0.3 is 5.97 Å². The van der Waals surface area contributed by atoms with Crippen LogP contribution in [-0.4, -0.2) is 24.8 Å². The van der Waals surface area contributed by atoms with Crippen LogP contribution in [0.1, 0.15) is 11.5 Å². The number of aliphatic carboxylic acids is 1. The molecule has 1 N–H and O–H groups in total. The molecule has 0 aliphatic heterocycles. The molecule has 21 heavy (non-hydrogen) atoms. The maximum atomic E-state index is 13.7. The lowest BCUT2D eigenvalue weighted by Gasteiger charge is -2.15. The molecule has 1 unspecified atom stereocenters. The van der Waals surface area contributed by atoms with E-state index in [9.17, 15) is 14.3 Å². The van der Waals surface area contributed by atoms with Crippen molar-refractivity contribution in [1.82, 2.24) is 0 Å². The lowest BCUT2D eigenvalue weighted by atomic mass is 10.00. The molecule has 5 heteroatoms. The van der Waals surface area contributed by atoms with Gasteiger partial charge in [-0.15, -0.1) is 0 Å². The zero-order chi connectivity index (χ0) is 15.2. The first-order chi connectivity index (χ1) is 10.1. The third-order valence-electron chi connectivity index (χ3n) is 3.04. The van der Waals surface area contributed by atoms with E-state index in [1.807, 2.05) is 0 Å². The standard InChI is InChI=1S/C16H15FO4/c1-20-11-5-4-6-12(9-11)21-10-14(16(18)19)13-7-2-3-8-15(13)17/h2-9,14H,10H2,1H3,(H,18,19). The van der Waals surface area contributed by atoms with Crippen LogP contribution < -0.4 is 9.47 Å². The Labute approximate surface area is 121 Å². The molecule has 4 nitrogen and oxygen atoms in total. The Morgan fingerprint density at radius 1 is 1.19 bits per heavy atom. The number of hydrogen-bond acceptors (Lipinski definition) is 3. The van der Waals surface area contributed by atoms with Crippen molar-refractivity contribution in [3.63, 3.8) is 0 Å². The van der Waals surface area contributed by atoms with E-state index in [0.717, 1.165) is 0 Å². The zero-order valence-corrected chi connectivity index (χ0v) is 11.5. The number of methoxy groups -OCH3 is 1. The lowest BCUT2D eigenvalue weighted by Crippen LogP contribution is -2.20. The quantitative estimate of drug-likeness (QED) is 0.888. The van der Waals surface area contributed by atoms with Crippen molar-refractivity contribution in [3.8, 4) is 11.5 Å². The number of halogens is 1. The van der Waals surface area contributed by atoms with Crippen LogP contribution in [0.2, 0.25) is 0 Å². The molecule has 0 saturated heterocycles. The van der Waals surface area contributed by atoms with Gasteiger partial charge in [-0.1, -0.05) is 24.3 Å². The van der Waals surface area contributed by atoms with Crippen molar-refractivity contribution in [2.45, 2.75) is 5.92 Å². The van der Waals surface area contributed by atoms with E-state index in [1.165, 1.54) is 25.3 Å². The first-order valence-corrected chi connectivity index (χ1v) is 6.36. The van der Waals surface area contributed by atoms with Crippen LogP contribution in [0.3, 0.4) is 0 Å². The van der Waals surface area contributed by atoms with E-state index in [4.69, 9.17) is 9.47 Å². The largest absolute Gasteiger partial charge is 0.497 e. The molecular weight excluding hydrogens is 275 g/mol. The van der Waals surface area contributed by atoms with Gasteiger partial charge < -0.3 is 14.6 Å². The molecule has 0 radical (unpaired) electrons. The fourth-order valence-corrected chi connectivity index (χ4v) is 1.92. The number of carboxylic acid groups (broad SMARTS) is 1. The van der Waals surface area contributed by atoms with Crippen LogP contribution in [0.4, 0.5) is 4.39 Å². The minimum atomic E-state index is -1.14. The summed E-state index contributed by atoms with van der Waals surface area (Å²) in [6, 6.07) is 12.6. The molecule has 0 heterocycles. The van der Waals surface area contributed by atoms with Crippen LogP contribution in [0, 0.1) is 5.82 Å². The molecule has 0 fully saturated rings. The fraction of sp³-hybridized carbons (Fsp3) is 0.188. The topological polar surface area (TPSA) is 55.8 Å². The van der Waals surface area contributed by atoms with E-state index in [-0.39, 0.29) is 12.2 Å². The van der Waals surface area contributed by atoms with Gasteiger partial charge in [0.1, 0.15) is 29.8 Å². The van der Waals surface area contributed by atoms with Gasteiger partial charge in [-0.2, -0.15) is 0 Å². The summed E-state index contributed by atoms with van der Waals surface area (Å²) in [5.41, 5.74) is 0.105. The summed E-state index contributed by atoms with van der Waals surface area (Å²) >= 11 is 0. The lowest BCUT2D eigenvalue weighted by molar-refractivity contribution is -0.139. The van der Waals surface area contributed by atoms with Gasteiger partial charge in [0.15, 0.2) is 0 Å². The second-order valence-corrected chi connectivity index (χ2v) is 4.40. The maximum absolute atomic E-state index is 13.7. The Morgan fingerprint density at radius 3 is 2.57 bits per heavy atom. The molecule has 0 aromatic heterocycles. The Kier molecular flexibility index (Phi) is 4.77. The van der Waals surface area contributed by atoms with Crippen LogP contribution in [-0.2, 0) is 4.79 Å². The third-order valence-corrected chi connectivity index (χ3v) is 3.04. The van der Waals surface area contributed by atoms with Crippen molar-refractivity contribution in [2.24, 2.45) is 0 Å². The average molecular weight is 290 g/mol. The van der Waals surface area contributed by atoms with Crippen molar-refractivity contribution in [1.29, 1.82) is 0 Å². The number of rotatable bonds is 6. The van der Waals surface area contributed by atoms with Crippen molar-refractivity contribution < 1.29 is 23.8 Å². The van der Waals surface area contributed by atoms with Crippen molar-refractivity contribution in [2.75, 3.05) is 13.7 Å². The second kappa shape index (κ2) is 6.74. The normalized spacial score (nSPS) is 11.7. The molecule has 2 aromatic carbocycles. The summed E-state index contributed by atoms with van der Waals surface area (Å²) in [6.07, 6.45) is 0. The number of benzene rings is 2. The van der Waals surface area contributed by atoms with Gasteiger partial charge in [-0.25, -0.2) is 4.39 Å². The molecule has 0 aliphatic carbocycles. The van der Waals surface area contributed by atoms with Gasteiger partial charge in [0, 0.05) is 11.6 Å². The van der Waals surface area contributed by atoms with Crippen LogP contribution in [0.25, 0.3) is 0 Å². The molecule has 0 bridgehead atoms. The van der Waals surface area contributed by atoms with Crippen LogP contribution in [0.15, 0.2) is 48.5 Å². The number of carbonyl (C=O) groups is 1. The highest BCUT2D eigenvalue weighted by Crippen LogP contribution is 2.23. The Morgan fingerprint density at radius 2 is 1.90 bits per heavy atom. The molecule has 110 valence electrons. The molecule has 0 spiro atoms. The van der Waals surface area contributed by atoms with E-state index >= 15 is 0 Å². The highest BCUT2D eigenvalue weighted by Gasteiger charge is 2.23. The number of hydrogen-bond donors (Lipinski definition) is 1. The Balaban J connectivity index is 2.14. The first kappa shape index (κ1) is 14.8. The Hall–Kier alpha value is -2.56. The van der Waals surface area contributed by atoms with Gasteiger partial charge in [-0.3, -0.25) is 4.79 Å². The van der Waals surface area contributed by atoms with Gasteiger partial charge in [0.2, 0.25) is 0 Å². The van der Waals surface area contributed by atoms with Gasteiger partial charge in [0.25, 0.3) is 0 Å². The monoisotopic (exact) mass is 290 g/mol. The van der Waals surface area contributed by atoms with Crippen molar-refractivity contribution in [3.05, 3.63) is 59.9 Å². The van der Waals surface area contributed by atoms with Crippen molar-refractivity contribution >= 4 is 5.97 Å². The predicted molar refractivity (Wildman–Crippen MR) is 75.3 cm³/mol. The minimum absolute atomic E-state index is 0.105. The average Bonchev–Trinajstić information content (AvgIpc) is 2.49. The minimum Gasteiger partial charge on any atom is -0.497 e. The zero-order valence-electron chi connectivity index (χ0n) is 11.5.